The number of anilines is 2. The van der Waals surface area contributed by atoms with Crippen molar-refractivity contribution < 1.29 is 14.4 Å². The Kier molecular flexibility index (Phi) is 5.34. The van der Waals surface area contributed by atoms with Gasteiger partial charge in [-0.25, -0.2) is 0 Å². The predicted octanol–water partition coefficient (Wildman–Crippen LogP) is 2.91. The second kappa shape index (κ2) is 8.07. The number of piperidine rings is 1. The SMILES string of the molecule is Cc1ccccc1CC1CCN(C(=O)C(=O)Nc2ccc3c(c2)CC(=O)N3)CC1. The van der Waals surface area contributed by atoms with Crippen LogP contribution in [0.1, 0.15) is 29.5 Å². The summed E-state index contributed by atoms with van der Waals surface area (Å²) in [6.07, 6.45) is 3.12. The van der Waals surface area contributed by atoms with Crippen LogP contribution in [0.3, 0.4) is 0 Å². The average Bonchev–Trinajstić information content (AvgIpc) is 3.09. The van der Waals surface area contributed by atoms with Crippen molar-refractivity contribution in [2.45, 2.75) is 32.6 Å². The van der Waals surface area contributed by atoms with Crippen LogP contribution >= 0.6 is 0 Å². The summed E-state index contributed by atoms with van der Waals surface area (Å²) < 4.78 is 0. The molecule has 29 heavy (non-hydrogen) atoms. The van der Waals surface area contributed by atoms with Crippen LogP contribution in [-0.4, -0.2) is 35.7 Å². The molecule has 2 aromatic carbocycles. The zero-order valence-electron chi connectivity index (χ0n) is 16.5. The zero-order chi connectivity index (χ0) is 20.4. The first-order chi connectivity index (χ1) is 14.0. The standard InChI is InChI=1S/C23H25N3O3/c1-15-4-2-3-5-17(15)12-16-8-10-26(11-9-16)23(29)22(28)24-19-6-7-20-18(13-19)14-21(27)25-20/h2-7,13,16H,8-12,14H2,1H3,(H,24,28)(H,25,27). The van der Waals surface area contributed by atoms with Crippen LogP contribution < -0.4 is 10.6 Å². The molecular weight excluding hydrogens is 366 g/mol. The molecule has 0 atom stereocenters. The molecular formula is C23H25N3O3. The Balaban J connectivity index is 1.30. The monoisotopic (exact) mass is 391 g/mol. The summed E-state index contributed by atoms with van der Waals surface area (Å²) in [6, 6.07) is 13.6. The minimum absolute atomic E-state index is 0.0619. The maximum absolute atomic E-state index is 12.6. The van der Waals surface area contributed by atoms with Gasteiger partial charge in [-0.1, -0.05) is 24.3 Å². The van der Waals surface area contributed by atoms with Crippen molar-refractivity contribution >= 4 is 29.1 Å². The minimum Gasteiger partial charge on any atom is -0.334 e. The number of nitrogens with zero attached hydrogens (tertiary/aromatic N) is 1. The molecule has 1 saturated heterocycles. The summed E-state index contributed by atoms with van der Waals surface area (Å²) in [5.41, 5.74) is 4.79. The van der Waals surface area contributed by atoms with Crippen molar-refractivity contribution in [1.82, 2.24) is 4.90 Å². The highest BCUT2D eigenvalue weighted by Gasteiger charge is 2.27. The van der Waals surface area contributed by atoms with Gasteiger partial charge in [0, 0.05) is 24.5 Å². The van der Waals surface area contributed by atoms with Crippen molar-refractivity contribution in [3.8, 4) is 0 Å². The molecule has 0 unspecified atom stereocenters. The van der Waals surface area contributed by atoms with Gasteiger partial charge in [-0.15, -0.1) is 0 Å². The van der Waals surface area contributed by atoms with E-state index in [1.54, 1.807) is 23.1 Å². The number of hydrogen-bond donors (Lipinski definition) is 2. The average molecular weight is 391 g/mol. The number of fused-ring (bicyclic) bond motifs is 1. The minimum atomic E-state index is -0.625. The van der Waals surface area contributed by atoms with Gasteiger partial charge in [-0.2, -0.15) is 0 Å². The van der Waals surface area contributed by atoms with Crippen LogP contribution in [-0.2, 0) is 27.2 Å². The smallest absolute Gasteiger partial charge is 0.313 e. The maximum Gasteiger partial charge on any atom is 0.313 e. The molecule has 0 saturated carbocycles. The van der Waals surface area contributed by atoms with Crippen molar-refractivity contribution in [1.29, 1.82) is 0 Å². The number of carbonyl (C=O) groups excluding carboxylic acids is 3. The molecule has 2 aliphatic heterocycles. The first-order valence-electron chi connectivity index (χ1n) is 10.1. The van der Waals surface area contributed by atoms with E-state index >= 15 is 0 Å². The fourth-order valence-corrected chi connectivity index (χ4v) is 4.13. The summed E-state index contributed by atoms with van der Waals surface area (Å²) in [6.45, 7) is 3.33. The second-order valence-corrected chi connectivity index (χ2v) is 7.92. The fraction of sp³-hybridized carbons (Fsp3) is 0.348. The molecule has 150 valence electrons. The van der Waals surface area contributed by atoms with Crippen LogP contribution in [0.5, 0.6) is 0 Å². The highest BCUT2D eigenvalue weighted by atomic mass is 16.2. The summed E-state index contributed by atoms with van der Waals surface area (Å²) in [4.78, 5) is 38.1. The number of carbonyl (C=O) groups is 3. The molecule has 0 spiro atoms. The Hall–Kier alpha value is -3.15. The van der Waals surface area contributed by atoms with Crippen LogP contribution in [0.15, 0.2) is 42.5 Å². The van der Waals surface area contributed by atoms with Gasteiger partial charge in [-0.05, 0) is 67.0 Å². The van der Waals surface area contributed by atoms with Crippen molar-refractivity contribution in [2.75, 3.05) is 23.7 Å². The van der Waals surface area contributed by atoms with Gasteiger partial charge < -0.3 is 15.5 Å². The highest BCUT2D eigenvalue weighted by molar-refractivity contribution is 6.39. The van der Waals surface area contributed by atoms with Gasteiger partial charge in [-0.3, -0.25) is 14.4 Å². The molecule has 6 heteroatoms. The van der Waals surface area contributed by atoms with Gasteiger partial charge in [0.15, 0.2) is 0 Å². The van der Waals surface area contributed by atoms with Crippen LogP contribution in [0.4, 0.5) is 11.4 Å². The van der Waals surface area contributed by atoms with Gasteiger partial charge in [0.25, 0.3) is 0 Å². The third-order valence-electron chi connectivity index (χ3n) is 5.85. The highest BCUT2D eigenvalue weighted by Crippen LogP contribution is 2.26. The lowest BCUT2D eigenvalue weighted by atomic mass is 9.88. The molecule has 3 amide bonds. The van der Waals surface area contributed by atoms with Crippen molar-refractivity contribution in [3.05, 3.63) is 59.2 Å². The van der Waals surface area contributed by atoms with E-state index in [0.717, 1.165) is 30.5 Å². The van der Waals surface area contributed by atoms with Gasteiger partial charge in [0.1, 0.15) is 0 Å². The number of likely N-dealkylation sites (tertiary alicyclic amines) is 1. The lowest BCUT2D eigenvalue weighted by Gasteiger charge is -2.31. The molecule has 4 rings (SSSR count). The summed E-state index contributed by atoms with van der Waals surface area (Å²) in [5, 5.41) is 5.42. The number of rotatable bonds is 3. The Bertz CT molecular complexity index is 962. The quantitative estimate of drug-likeness (QED) is 0.790. The normalized spacial score (nSPS) is 16.3. The summed E-state index contributed by atoms with van der Waals surface area (Å²) in [7, 11) is 0. The van der Waals surface area contributed by atoms with Crippen LogP contribution in [0.2, 0.25) is 0 Å². The van der Waals surface area contributed by atoms with E-state index < -0.39 is 11.8 Å². The number of benzene rings is 2. The lowest BCUT2D eigenvalue weighted by Crippen LogP contribution is -2.44. The third-order valence-corrected chi connectivity index (χ3v) is 5.85. The first kappa shape index (κ1) is 19.2. The van der Waals surface area contributed by atoms with Crippen LogP contribution in [0.25, 0.3) is 0 Å². The Morgan fingerprint density at radius 2 is 1.90 bits per heavy atom. The molecule has 0 aromatic heterocycles. The van der Waals surface area contributed by atoms with Gasteiger partial charge in [0.05, 0.1) is 6.42 Å². The maximum atomic E-state index is 12.6. The largest absolute Gasteiger partial charge is 0.334 e. The summed E-state index contributed by atoms with van der Waals surface area (Å²) >= 11 is 0. The van der Waals surface area contributed by atoms with E-state index in [0.29, 0.717) is 31.1 Å². The van der Waals surface area contributed by atoms with E-state index in [1.807, 2.05) is 6.07 Å². The number of nitrogens with one attached hydrogen (secondary N) is 2. The number of hydrogen-bond acceptors (Lipinski definition) is 3. The van der Waals surface area contributed by atoms with Crippen molar-refractivity contribution in [2.24, 2.45) is 5.92 Å². The summed E-state index contributed by atoms with van der Waals surface area (Å²) in [5.74, 6) is -0.647. The molecule has 2 aliphatic rings. The number of amides is 3. The third kappa shape index (κ3) is 4.31. The van der Waals surface area contributed by atoms with E-state index in [2.05, 4.69) is 35.8 Å². The number of aryl methyl sites for hydroxylation is 1. The van der Waals surface area contributed by atoms with Gasteiger partial charge >= 0.3 is 11.8 Å². The Labute approximate surface area is 170 Å². The molecule has 6 nitrogen and oxygen atoms in total. The molecule has 2 heterocycles. The molecule has 0 aliphatic carbocycles. The topological polar surface area (TPSA) is 78.5 Å². The first-order valence-corrected chi connectivity index (χ1v) is 10.1. The zero-order valence-corrected chi connectivity index (χ0v) is 16.5. The fourth-order valence-electron chi connectivity index (χ4n) is 4.13. The van der Waals surface area contributed by atoms with E-state index in [9.17, 15) is 14.4 Å². The van der Waals surface area contributed by atoms with E-state index in [-0.39, 0.29) is 5.91 Å². The second-order valence-electron chi connectivity index (χ2n) is 7.92. The molecule has 2 aromatic rings. The van der Waals surface area contributed by atoms with E-state index in [1.165, 1.54) is 11.1 Å². The van der Waals surface area contributed by atoms with Crippen LogP contribution in [0, 0.1) is 12.8 Å². The molecule has 0 bridgehead atoms. The molecule has 1 fully saturated rings. The lowest BCUT2D eigenvalue weighted by molar-refractivity contribution is -0.144. The van der Waals surface area contributed by atoms with Crippen molar-refractivity contribution in [3.63, 3.8) is 0 Å². The molecule has 0 radical (unpaired) electrons. The Morgan fingerprint density at radius 3 is 2.66 bits per heavy atom. The molecule has 2 N–H and O–H groups in total. The predicted molar refractivity (Wildman–Crippen MR) is 112 cm³/mol. The van der Waals surface area contributed by atoms with Gasteiger partial charge in [0.2, 0.25) is 5.91 Å². The van der Waals surface area contributed by atoms with E-state index in [4.69, 9.17) is 0 Å². The Morgan fingerprint density at radius 1 is 1.14 bits per heavy atom.